The highest BCUT2D eigenvalue weighted by Gasteiger charge is 2.20. The van der Waals surface area contributed by atoms with Crippen molar-refractivity contribution in [2.24, 2.45) is 5.73 Å². The molecule has 0 radical (unpaired) electrons. The predicted octanol–water partition coefficient (Wildman–Crippen LogP) is 2.88. The minimum absolute atomic E-state index is 0.232. The average Bonchev–Trinajstić information content (AvgIpc) is 2.44. The minimum Gasteiger partial charge on any atom is -0.369 e. The molecule has 0 bridgehead atoms. The molecular formula is C15H20N2O. The topological polar surface area (TPSA) is 48.1 Å². The van der Waals surface area contributed by atoms with Gasteiger partial charge in [0.2, 0.25) is 0 Å². The molecule has 1 atom stereocenters. The molecule has 0 aliphatic heterocycles. The molecular weight excluding hydrogens is 224 g/mol. The van der Waals surface area contributed by atoms with E-state index in [1.54, 1.807) is 6.20 Å². The summed E-state index contributed by atoms with van der Waals surface area (Å²) in [6.07, 6.45) is 2.72. The van der Waals surface area contributed by atoms with Crippen LogP contribution in [0, 0.1) is 0 Å². The molecule has 3 nitrogen and oxygen atoms in total. The Labute approximate surface area is 108 Å². The van der Waals surface area contributed by atoms with Crippen molar-refractivity contribution < 1.29 is 4.74 Å². The lowest BCUT2D eigenvalue weighted by atomic mass is 10.0. The van der Waals surface area contributed by atoms with Crippen molar-refractivity contribution in [1.82, 2.24) is 4.98 Å². The van der Waals surface area contributed by atoms with Gasteiger partial charge in [-0.05, 0) is 37.1 Å². The summed E-state index contributed by atoms with van der Waals surface area (Å²) >= 11 is 0. The molecule has 1 aromatic heterocycles. The normalized spacial score (nSPS) is 14.6. The second-order valence-electron chi connectivity index (χ2n) is 4.83. The van der Waals surface area contributed by atoms with E-state index in [1.165, 1.54) is 0 Å². The lowest BCUT2D eigenvalue weighted by Crippen LogP contribution is -2.36. The van der Waals surface area contributed by atoms with Crippen molar-refractivity contribution in [1.29, 1.82) is 0 Å². The van der Waals surface area contributed by atoms with E-state index in [-0.39, 0.29) is 5.60 Å². The van der Waals surface area contributed by atoms with Gasteiger partial charge < -0.3 is 10.5 Å². The molecule has 1 unspecified atom stereocenters. The molecule has 0 spiro atoms. The number of fused-ring (bicyclic) bond motifs is 1. The Balaban J connectivity index is 2.12. The van der Waals surface area contributed by atoms with Crippen LogP contribution in [0.25, 0.3) is 10.9 Å². The van der Waals surface area contributed by atoms with E-state index >= 15 is 0 Å². The molecule has 0 saturated heterocycles. The van der Waals surface area contributed by atoms with Gasteiger partial charge in [-0.3, -0.25) is 4.98 Å². The van der Waals surface area contributed by atoms with Gasteiger partial charge in [0.1, 0.15) is 0 Å². The fourth-order valence-corrected chi connectivity index (χ4v) is 1.78. The van der Waals surface area contributed by atoms with Gasteiger partial charge in [-0.25, -0.2) is 0 Å². The van der Waals surface area contributed by atoms with Crippen LogP contribution in [0.5, 0.6) is 0 Å². The smallest absolute Gasteiger partial charge is 0.0778 e. The van der Waals surface area contributed by atoms with Crippen LogP contribution in [0.2, 0.25) is 0 Å². The third kappa shape index (κ3) is 2.86. The maximum absolute atomic E-state index is 5.92. The van der Waals surface area contributed by atoms with Crippen molar-refractivity contribution in [2.45, 2.75) is 32.5 Å². The number of pyridine rings is 1. The van der Waals surface area contributed by atoms with Gasteiger partial charge in [0.05, 0.1) is 17.7 Å². The maximum atomic E-state index is 5.92. The molecule has 96 valence electrons. The largest absolute Gasteiger partial charge is 0.369 e. The van der Waals surface area contributed by atoms with Crippen LogP contribution in [-0.4, -0.2) is 17.1 Å². The Morgan fingerprint density at radius 1 is 1.33 bits per heavy atom. The number of nitrogens with two attached hydrogens (primary N) is 1. The molecule has 0 fully saturated rings. The highest BCUT2D eigenvalue weighted by atomic mass is 16.5. The summed E-state index contributed by atoms with van der Waals surface area (Å²) in [5.41, 5.74) is 7.67. The molecule has 1 heterocycles. The second-order valence-corrected chi connectivity index (χ2v) is 4.83. The number of hydrogen-bond donors (Lipinski definition) is 1. The Kier molecular flexibility index (Phi) is 3.94. The number of rotatable bonds is 5. The molecule has 0 aliphatic rings. The van der Waals surface area contributed by atoms with Gasteiger partial charge in [-0.15, -0.1) is 0 Å². The fraction of sp³-hybridized carbons (Fsp3) is 0.400. The quantitative estimate of drug-likeness (QED) is 0.879. The first-order chi connectivity index (χ1) is 8.67. The van der Waals surface area contributed by atoms with Crippen LogP contribution in [0.1, 0.15) is 25.8 Å². The molecule has 0 aliphatic carbocycles. The summed E-state index contributed by atoms with van der Waals surface area (Å²) in [6.45, 7) is 5.28. The van der Waals surface area contributed by atoms with Gasteiger partial charge in [-0.2, -0.15) is 0 Å². The van der Waals surface area contributed by atoms with Crippen LogP contribution in [0.3, 0.4) is 0 Å². The van der Waals surface area contributed by atoms with E-state index in [4.69, 9.17) is 10.5 Å². The first-order valence-electron chi connectivity index (χ1n) is 6.34. The van der Waals surface area contributed by atoms with Crippen molar-refractivity contribution in [3.8, 4) is 0 Å². The summed E-state index contributed by atoms with van der Waals surface area (Å²) in [6, 6.07) is 10.2. The summed E-state index contributed by atoms with van der Waals surface area (Å²) in [4.78, 5) is 4.30. The van der Waals surface area contributed by atoms with E-state index in [0.717, 1.165) is 22.9 Å². The lowest BCUT2D eigenvalue weighted by molar-refractivity contribution is -0.0387. The fourth-order valence-electron chi connectivity index (χ4n) is 1.78. The lowest BCUT2D eigenvalue weighted by Gasteiger charge is -2.27. The monoisotopic (exact) mass is 244 g/mol. The number of benzene rings is 1. The summed E-state index contributed by atoms with van der Waals surface area (Å²) in [5, 5.41) is 1.14. The Bertz CT molecular complexity index is 521. The Morgan fingerprint density at radius 3 is 2.89 bits per heavy atom. The molecule has 3 heteroatoms. The number of hydrogen-bond acceptors (Lipinski definition) is 3. The third-order valence-electron chi connectivity index (χ3n) is 3.43. The number of aromatic nitrogens is 1. The molecule has 18 heavy (non-hydrogen) atoms. The zero-order valence-corrected chi connectivity index (χ0v) is 11.0. The predicted molar refractivity (Wildman–Crippen MR) is 74.3 cm³/mol. The Morgan fingerprint density at radius 2 is 2.17 bits per heavy atom. The van der Waals surface area contributed by atoms with Crippen molar-refractivity contribution in [2.75, 3.05) is 6.54 Å². The number of ether oxygens (including phenoxy) is 1. The van der Waals surface area contributed by atoms with Gasteiger partial charge in [0.15, 0.2) is 0 Å². The van der Waals surface area contributed by atoms with E-state index in [2.05, 4.69) is 37.0 Å². The summed E-state index contributed by atoms with van der Waals surface area (Å²) in [5.74, 6) is 0. The first kappa shape index (κ1) is 13.0. The zero-order valence-electron chi connectivity index (χ0n) is 11.0. The van der Waals surface area contributed by atoms with E-state index in [0.29, 0.717) is 13.2 Å². The first-order valence-corrected chi connectivity index (χ1v) is 6.34. The molecule has 2 aromatic rings. The minimum atomic E-state index is -0.232. The molecule has 1 aromatic carbocycles. The highest BCUT2D eigenvalue weighted by Crippen LogP contribution is 2.18. The third-order valence-corrected chi connectivity index (χ3v) is 3.43. The van der Waals surface area contributed by atoms with E-state index < -0.39 is 0 Å². The highest BCUT2D eigenvalue weighted by molar-refractivity contribution is 5.78. The van der Waals surface area contributed by atoms with E-state index in [9.17, 15) is 0 Å². The molecule has 2 N–H and O–H groups in total. The molecule has 0 amide bonds. The SMILES string of the molecule is CCC(C)(CN)OCc1ccc2ncccc2c1. The van der Waals surface area contributed by atoms with Gasteiger partial charge in [0, 0.05) is 18.1 Å². The van der Waals surface area contributed by atoms with Gasteiger partial charge in [-0.1, -0.05) is 19.1 Å². The summed E-state index contributed by atoms with van der Waals surface area (Å²) < 4.78 is 5.92. The van der Waals surface area contributed by atoms with Crippen LogP contribution >= 0.6 is 0 Å². The average molecular weight is 244 g/mol. The Hall–Kier alpha value is -1.45. The maximum Gasteiger partial charge on any atom is 0.0778 e. The number of nitrogens with zero attached hydrogens (tertiary/aromatic N) is 1. The van der Waals surface area contributed by atoms with Gasteiger partial charge >= 0.3 is 0 Å². The second kappa shape index (κ2) is 5.46. The molecule has 2 rings (SSSR count). The van der Waals surface area contributed by atoms with Crippen LogP contribution in [0.15, 0.2) is 36.5 Å². The summed E-state index contributed by atoms with van der Waals surface area (Å²) in [7, 11) is 0. The van der Waals surface area contributed by atoms with E-state index in [1.807, 2.05) is 12.1 Å². The van der Waals surface area contributed by atoms with Gasteiger partial charge in [0.25, 0.3) is 0 Å². The molecule has 0 saturated carbocycles. The van der Waals surface area contributed by atoms with Crippen LogP contribution in [0.4, 0.5) is 0 Å². The van der Waals surface area contributed by atoms with Crippen molar-refractivity contribution in [3.63, 3.8) is 0 Å². The standard InChI is InChI=1S/C15H20N2O/c1-3-15(2,11-16)18-10-12-6-7-14-13(9-12)5-4-8-17-14/h4-9H,3,10-11,16H2,1-2H3. The van der Waals surface area contributed by atoms with Crippen LogP contribution in [-0.2, 0) is 11.3 Å². The van der Waals surface area contributed by atoms with Crippen molar-refractivity contribution in [3.05, 3.63) is 42.1 Å². The van der Waals surface area contributed by atoms with Crippen LogP contribution < -0.4 is 5.73 Å². The zero-order chi connectivity index (χ0) is 13.0. The van der Waals surface area contributed by atoms with Crippen molar-refractivity contribution >= 4 is 10.9 Å².